The van der Waals surface area contributed by atoms with Gasteiger partial charge in [0.2, 0.25) is 0 Å². The number of amides is 1. The largest absolute Gasteiger partial charge is 0.360 e. The minimum absolute atomic E-state index is 0.138. The van der Waals surface area contributed by atoms with Crippen LogP contribution in [-0.2, 0) is 6.54 Å². The van der Waals surface area contributed by atoms with E-state index in [9.17, 15) is 9.59 Å². The summed E-state index contributed by atoms with van der Waals surface area (Å²) < 4.78 is 4.80. The van der Waals surface area contributed by atoms with Gasteiger partial charge >= 0.3 is 0 Å². The van der Waals surface area contributed by atoms with E-state index in [1.54, 1.807) is 6.07 Å². The first kappa shape index (κ1) is 10.1. The maximum atomic E-state index is 11.5. The second-order valence-corrected chi connectivity index (χ2v) is 2.97. The maximum absolute atomic E-state index is 11.5. The molecule has 7 heteroatoms. The Kier molecular flexibility index (Phi) is 2.77. The summed E-state index contributed by atoms with van der Waals surface area (Å²) in [5, 5.41) is 11.8. The predicted molar refractivity (Wildman–Crippen MR) is 52.5 cm³/mol. The Morgan fingerprint density at radius 3 is 2.94 bits per heavy atom. The molecule has 0 aliphatic rings. The van der Waals surface area contributed by atoms with Gasteiger partial charge in [0.25, 0.3) is 11.5 Å². The molecule has 0 radical (unpaired) electrons. The number of H-pyrrole nitrogens is 1. The topological polar surface area (TPSA) is 101 Å². The highest BCUT2D eigenvalue weighted by atomic mass is 16.5. The quantitative estimate of drug-likeness (QED) is 0.738. The van der Waals surface area contributed by atoms with Gasteiger partial charge in [-0.1, -0.05) is 5.16 Å². The number of aromatic amines is 1. The van der Waals surface area contributed by atoms with Crippen molar-refractivity contribution in [1.82, 2.24) is 20.7 Å². The van der Waals surface area contributed by atoms with E-state index >= 15 is 0 Å². The zero-order valence-electron chi connectivity index (χ0n) is 8.14. The van der Waals surface area contributed by atoms with Crippen LogP contribution in [0.3, 0.4) is 0 Å². The Morgan fingerprint density at radius 1 is 1.44 bits per heavy atom. The Balaban J connectivity index is 1.98. The molecule has 0 aliphatic heterocycles. The summed E-state index contributed by atoms with van der Waals surface area (Å²) >= 11 is 0. The number of carbonyl (C=O) groups is 1. The van der Waals surface area contributed by atoms with Crippen molar-refractivity contribution in [3.8, 4) is 0 Å². The first-order valence-corrected chi connectivity index (χ1v) is 4.49. The van der Waals surface area contributed by atoms with Gasteiger partial charge in [0.15, 0.2) is 5.76 Å². The van der Waals surface area contributed by atoms with Crippen LogP contribution in [0.25, 0.3) is 0 Å². The average molecular weight is 220 g/mol. The summed E-state index contributed by atoms with van der Waals surface area (Å²) in [7, 11) is 0. The van der Waals surface area contributed by atoms with E-state index in [0.29, 0.717) is 5.76 Å². The molecule has 2 rings (SSSR count). The summed E-state index contributed by atoms with van der Waals surface area (Å²) in [6.45, 7) is 0.222. The number of hydrogen-bond donors (Lipinski definition) is 2. The molecule has 0 saturated carbocycles. The highest BCUT2D eigenvalue weighted by Crippen LogP contribution is 1.96. The molecule has 0 aromatic carbocycles. The van der Waals surface area contributed by atoms with E-state index in [1.165, 1.54) is 18.3 Å². The Labute approximate surface area is 89.5 Å². The lowest BCUT2D eigenvalue weighted by atomic mass is 10.3. The lowest BCUT2D eigenvalue weighted by molar-refractivity contribution is 0.0941. The molecule has 0 unspecified atom stereocenters. The summed E-state index contributed by atoms with van der Waals surface area (Å²) in [6, 6.07) is 4.21. The van der Waals surface area contributed by atoms with Crippen molar-refractivity contribution in [2.24, 2.45) is 0 Å². The third-order valence-electron chi connectivity index (χ3n) is 1.83. The van der Waals surface area contributed by atoms with Crippen LogP contribution < -0.4 is 10.9 Å². The smallest absolute Gasteiger partial charge is 0.272 e. The molecular weight excluding hydrogens is 212 g/mol. The van der Waals surface area contributed by atoms with E-state index < -0.39 is 5.91 Å². The Bertz CT molecular complexity index is 511. The van der Waals surface area contributed by atoms with Gasteiger partial charge in [0.1, 0.15) is 5.69 Å². The zero-order chi connectivity index (χ0) is 11.4. The number of carbonyl (C=O) groups excluding carboxylic acids is 1. The SMILES string of the molecule is O=C(NCc1ccno1)c1ccc(=O)[nH]n1. The fourth-order valence-corrected chi connectivity index (χ4v) is 1.06. The van der Waals surface area contributed by atoms with Crippen LogP contribution in [0, 0.1) is 0 Å². The van der Waals surface area contributed by atoms with E-state index in [2.05, 4.69) is 20.7 Å². The van der Waals surface area contributed by atoms with Gasteiger partial charge < -0.3 is 9.84 Å². The normalized spacial score (nSPS) is 10.0. The fourth-order valence-electron chi connectivity index (χ4n) is 1.06. The zero-order valence-corrected chi connectivity index (χ0v) is 8.14. The van der Waals surface area contributed by atoms with Crippen LogP contribution in [-0.4, -0.2) is 21.3 Å². The number of nitrogens with zero attached hydrogens (tertiary/aromatic N) is 2. The van der Waals surface area contributed by atoms with Gasteiger partial charge in [0, 0.05) is 12.1 Å². The molecule has 0 spiro atoms. The molecular formula is C9H8N4O3. The number of aromatic nitrogens is 3. The molecule has 7 nitrogen and oxygen atoms in total. The van der Waals surface area contributed by atoms with Crippen LogP contribution in [0.4, 0.5) is 0 Å². The molecule has 0 aliphatic carbocycles. The molecule has 2 aromatic rings. The Morgan fingerprint density at radius 2 is 2.31 bits per heavy atom. The van der Waals surface area contributed by atoms with E-state index in [-0.39, 0.29) is 17.8 Å². The van der Waals surface area contributed by atoms with Crippen molar-refractivity contribution in [2.45, 2.75) is 6.54 Å². The molecule has 2 N–H and O–H groups in total. The molecule has 2 aromatic heterocycles. The van der Waals surface area contributed by atoms with Crippen molar-refractivity contribution in [3.63, 3.8) is 0 Å². The second-order valence-electron chi connectivity index (χ2n) is 2.97. The molecule has 0 fully saturated rings. The highest BCUT2D eigenvalue weighted by Gasteiger charge is 2.07. The van der Waals surface area contributed by atoms with Crippen LogP contribution in [0.5, 0.6) is 0 Å². The van der Waals surface area contributed by atoms with Gasteiger partial charge in [-0.05, 0) is 6.07 Å². The molecule has 2 heterocycles. The van der Waals surface area contributed by atoms with E-state index in [0.717, 1.165) is 0 Å². The number of hydrogen-bond acceptors (Lipinski definition) is 5. The summed E-state index contributed by atoms with van der Waals surface area (Å²) in [4.78, 5) is 22.2. The molecule has 82 valence electrons. The molecule has 1 amide bonds. The van der Waals surface area contributed by atoms with Crippen molar-refractivity contribution in [3.05, 3.63) is 46.2 Å². The minimum atomic E-state index is -0.396. The maximum Gasteiger partial charge on any atom is 0.272 e. The minimum Gasteiger partial charge on any atom is -0.360 e. The third kappa shape index (κ3) is 2.32. The van der Waals surface area contributed by atoms with Crippen molar-refractivity contribution in [2.75, 3.05) is 0 Å². The summed E-state index contributed by atoms with van der Waals surface area (Å²) in [5.74, 6) is 0.144. The highest BCUT2D eigenvalue weighted by molar-refractivity contribution is 5.91. The second kappa shape index (κ2) is 4.39. The average Bonchev–Trinajstić information content (AvgIpc) is 2.80. The van der Waals surface area contributed by atoms with E-state index in [4.69, 9.17) is 4.52 Å². The van der Waals surface area contributed by atoms with Crippen LogP contribution in [0.2, 0.25) is 0 Å². The van der Waals surface area contributed by atoms with Gasteiger partial charge in [-0.25, -0.2) is 5.10 Å². The van der Waals surface area contributed by atoms with Gasteiger partial charge in [-0.3, -0.25) is 9.59 Å². The van der Waals surface area contributed by atoms with Crippen molar-refractivity contribution in [1.29, 1.82) is 0 Å². The van der Waals surface area contributed by atoms with Crippen molar-refractivity contribution >= 4 is 5.91 Å². The molecule has 0 saturated heterocycles. The van der Waals surface area contributed by atoms with Gasteiger partial charge in [-0.15, -0.1) is 0 Å². The van der Waals surface area contributed by atoms with E-state index in [1.807, 2.05) is 0 Å². The number of nitrogens with one attached hydrogen (secondary N) is 2. The Hall–Kier alpha value is -2.44. The monoisotopic (exact) mass is 220 g/mol. The van der Waals surface area contributed by atoms with Gasteiger partial charge in [0.05, 0.1) is 12.7 Å². The van der Waals surface area contributed by atoms with Crippen LogP contribution in [0.1, 0.15) is 16.2 Å². The first-order chi connectivity index (χ1) is 7.75. The molecule has 0 bridgehead atoms. The fraction of sp³-hybridized carbons (Fsp3) is 0.111. The molecule has 0 atom stereocenters. The summed E-state index contributed by atoms with van der Waals surface area (Å²) in [6.07, 6.45) is 1.49. The predicted octanol–water partition coefficient (Wildman–Crippen LogP) is -0.312. The third-order valence-corrected chi connectivity index (χ3v) is 1.83. The lowest BCUT2D eigenvalue weighted by Gasteiger charge is -2.00. The lowest BCUT2D eigenvalue weighted by Crippen LogP contribution is -2.25. The van der Waals surface area contributed by atoms with Crippen LogP contribution in [0.15, 0.2) is 33.7 Å². The van der Waals surface area contributed by atoms with Crippen molar-refractivity contribution < 1.29 is 9.32 Å². The number of rotatable bonds is 3. The van der Waals surface area contributed by atoms with Crippen LogP contribution >= 0.6 is 0 Å². The first-order valence-electron chi connectivity index (χ1n) is 4.49. The van der Waals surface area contributed by atoms with Gasteiger partial charge in [-0.2, -0.15) is 5.10 Å². The standard InChI is InChI=1S/C9H8N4O3/c14-8-2-1-7(12-13-8)9(15)10-5-6-3-4-11-16-6/h1-4H,5H2,(H,10,15)(H,13,14). The summed E-state index contributed by atoms with van der Waals surface area (Å²) in [5.41, 5.74) is -0.217. The molecule has 16 heavy (non-hydrogen) atoms.